The number of thioether (sulfide) groups is 1. The van der Waals surface area contributed by atoms with Gasteiger partial charge in [-0.2, -0.15) is 11.8 Å². The summed E-state index contributed by atoms with van der Waals surface area (Å²) in [4.78, 5) is 11.9. The van der Waals surface area contributed by atoms with E-state index in [4.69, 9.17) is 27.9 Å². The number of carbonyl (C=O) groups excluding carboxylic acids is 1. The highest BCUT2D eigenvalue weighted by atomic mass is 35.5. The molecule has 6 nitrogen and oxygen atoms in total. The SMILES string of the molecule is CNC(=O)c1cc(S(=O)(=O)NCCSCc2ccc(Cl)cc2Cl)ccc1OC. The predicted molar refractivity (Wildman–Crippen MR) is 114 cm³/mol. The van der Waals surface area contributed by atoms with Gasteiger partial charge >= 0.3 is 0 Å². The molecular formula is C18H20Cl2N2O4S2. The van der Waals surface area contributed by atoms with Gasteiger partial charge in [0.05, 0.1) is 17.6 Å². The highest BCUT2D eigenvalue weighted by molar-refractivity contribution is 7.98. The molecule has 0 aromatic heterocycles. The fourth-order valence-corrected chi connectivity index (χ4v) is 4.92. The Morgan fingerprint density at radius 3 is 2.57 bits per heavy atom. The van der Waals surface area contributed by atoms with Crippen molar-refractivity contribution >= 4 is 50.9 Å². The third-order valence-corrected chi connectivity index (χ3v) is 6.82. The van der Waals surface area contributed by atoms with E-state index in [1.807, 2.05) is 6.07 Å². The van der Waals surface area contributed by atoms with Gasteiger partial charge in [0.25, 0.3) is 5.91 Å². The summed E-state index contributed by atoms with van der Waals surface area (Å²) in [6, 6.07) is 9.43. The standard InChI is InChI=1S/C18H20Cl2N2O4S2/c1-21-18(23)15-10-14(5-6-17(15)26-2)28(24,25)22-7-8-27-11-12-3-4-13(19)9-16(12)20/h3-6,9-10,22H,7-8,11H2,1-2H3,(H,21,23). The third kappa shape index (κ3) is 6.02. The van der Waals surface area contributed by atoms with Crippen LogP contribution in [0.2, 0.25) is 10.0 Å². The van der Waals surface area contributed by atoms with Crippen LogP contribution < -0.4 is 14.8 Å². The first kappa shape index (κ1) is 22.8. The number of amides is 1. The zero-order chi connectivity index (χ0) is 20.7. The highest BCUT2D eigenvalue weighted by Gasteiger charge is 2.19. The van der Waals surface area contributed by atoms with Gasteiger partial charge in [0.15, 0.2) is 0 Å². The molecule has 2 aromatic rings. The molecule has 0 aliphatic heterocycles. The van der Waals surface area contributed by atoms with E-state index in [0.717, 1.165) is 5.56 Å². The topological polar surface area (TPSA) is 84.5 Å². The molecule has 0 saturated carbocycles. The van der Waals surface area contributed by atoms with Gasteiger partial charge in [0, 0.05) is 35.1 Å². The van der Waals surface area contributed by atoms with Gasteiger partial charge in [-0.1, -0.05) is 29.3 Å². The molecule has 0 fully saturated rings. The highest BCUT2D eigenvalue weighted by Crippen LogP contribution is 2.25. The van der Waals surface area contributed by atoms with Crippen molar-refractivity contribution in [1.29, 1.82) is 0 Å². The number of carbonyl (C=O) groups is 1. The van der Waals surface area contributed by atoms with Crippen LogP contribution in [0.15, 0.2) is 41.3 Å². The Bertz CT molecular complexity index is 953. The second-order valence-electron chi connectivity index (χ2n) is 5.63. The third-order valence-electron chi connectivity index (χ3n) is 3.76. The fraction of sp³-hybridized carbons (Fsp3) is 0.278. The maximum atomic E-state index is 12.5. The van der Waals surface area contributed by atoms with E-state index < -0.39 is 15.9 Å². The lowest BCUT2D eigenvalue weighted by Gasteiger charge is -2.11. The maximum absolute atomic E-state index is 12.5. The number of halogens is 2. The van der Waals surface area contributed by atoms with E-state index in [1.165, 1.54) is 32.4 Å². The van der Waals surface area contributed by atoms with Crippen molar-refractivity contribution < 1.29 is 17.9 Å². The molecule has 0 heterocycles. The molecule has 10 heteroatoms. The smallest absolute Gasteiger partial charge is 0.254 e. The molecule has 2 aromatic carbocycles. The average molecular weight is 463 g/mol. The summed E-state index contributed by atoms with van der Waals surface area (Å²) in [6.07, 6.45) is 0. The molecule has 0 atom stereocenters. The Morgan fingerprint density at radius 2 is 1.93 bits per heavy atom. The molecule has 2 N–H and O–H groups in total. The van der Waals surface area contributed by atoms with E-state index in [2.05, 4.69) is 10.0 Å². The van der Waals surface area contributed by atoms with Gasteiger partial charge in [-0.05, 0) is 35.9 Å². The lowest BCUT2D eigenvalue weighted by atomic mass is 10.2. The molecule has 1 amide bonds. The Morgan fingerprint density at radius 1 is 1.18 bits per heavy atom. The normalized spacial score (nSPS) is 11.3. The summed E-state index contributed by atoms with van der Waals surface area (Å²) in [5.74, 6) is 1.07. The van der Waals surface area contributed by atoms with E-state index in [1.54, 1.807) is 23.9 Å². The number of benzene rings is 2. The zero-order valence-electron chi connectivity index (χ0n) is 15.3. The molecule has 28 heavy (non-hydrogen) atoms. The van der Waals surface area contributed by atoms with Crippen LogP contribution in [0.5, 0.6) is 5.75 Å². The minimum atomic E-state index is -3.75. The first-order valence-electron chi connectivity index (χ1n) is 8.20. The number of hydrogen-bond acceptors (Lipinski definition) is 5. The van der Waals surface area contributed by atoms with Crippen molar-refractivity contribution in [3.05, 3.63) is 57.6 Å². The Hall–Kier alpha value is -1.45. The predicted octanol–water partition coefficient (Wildman–Crippen LogP) is 3.57. The first-order chi connectivity index (χ1) is 13.3. The van der Waals surface area contributed by atoms with Crippen molar-refractivity contribution in [2.24, 2.45) is 0 Å². The second kappa shape index (κ2) is 10.4. The van der Waals surface area contributed by atoms with Crippen LogP contribution in [-0.4, -0.2) is 40.8 Å². The summed E-state index contributed by atoms with van der Waals surface area (Å²) in [5.41, 5.74) is 1.09. The molecule has 152 valence electrons. The maximum Gasteiger partial charge on any atom is 0.254 e. The Balaban J connectivity index is 1.95. The zero-order valence-corrected chi connectivity index (χ0v) is 18.4. The second-order valence-corrected chi connectivity index (χ2v) is 9.34. The van der Waals surface area contributed by atoms with Gasteiger partial charge in [-0.25, -0.2) is 13.1 Å². The molecule has 0 spiro atoms. The summed E-state index contributed by atoms with van der Waals surface area (Å²) in [5, 5.41) is 3.62. The van der Waals surface area contributed by atoms with E-state index >= 15 is 0 Å². The molecule has 0 unspecified atom stereocenters. The molecule has 0 radical (unpaired) electrons. The van der Waals surface area contributed by atoms with Crippen LogP contribution in [-0.2, 0) is 15.8 Å². The van der Waals surface area contributed by atoms with Crippen molar-refractivity contribution in [3.8, 4) is 5.75 Å². The van der Waals surface area contributed by atoms with Crippen LogP contribution in [0, 0.1) is 0 Å². The van der Waals surface area contributed by atoms with Crippen molar-refractivity contribution in [1.82, 2.24) is 10.0 Å². The molecule has 2 rings (SSSR count). The minimum Gasteiger partial charge on any atom is -0.496 e. The number of sulfonamides is 1. The van der Waals surface area contributed by atoms with Gasteiger partial charge in [-0.15, -0.1) is 0 Å². The first-order valence-corrected chi connectivity index (χ1v) is 11.6. The molecule has 0 aliphatic rings. The molecular weight excluding hydrogens is 443 g/mol. The summed E-state index contributed by atoms with van der Waals surface area (Å²) < 4.78 is 32.6. The van der Waals surface area contributed by atoms with Crippen LogP contribution in [0.1, 0.15) is 15.9 Å². The average Bonchev–Trinajstić information content (AvgIpc) is 2.68. The Labute approximate surface area is 179 Å². The Kier molecular flexibility index (Phi) is 8.45. The number of nitrogens with one attached hydrogen (secondary N) is 2. The van der Waals surface area contributed by atoms with Crippen LogP contribution >= 0.6 is 35.0 Å². The fourth-order valence-electron chi connectivity index (χ4n) is 2.32. The van der Waals surface area contributed by atoms with E-state index in [-0.39, 0.29) is 17.0 Å². The minimum absolute atomic E-state index is 0.00218. The quantitative estimate of drug-likeness (QED) is 0.556. The summed E-state index contributed by atoms with van der Waals surface area (Å²) in [6.45, 7) is 0.236. The van der Waals surface area contributed by atoms with Gasteiger partial charge in [0.2, 0.25) is 10.0 Å². The number of rotatable bonds is 9. The summed E-state index contributed by atoms with van der Waals surface area (Å²) in [7, 11) is -0.872. The largest absolute Gasteiger partial charge is 0.496 e. The number of ether oxygens (including phenoxy) is 1. The van der Waals surface area contributed by atoms with Crippen molar-refractivity contribution in [3.63, 3.8) is 0 Å². The van der Waals surface area contributed by atoms with Gasteiger partial charge in [0.1, 0.15) is 5.75 Å². The van der Waals surface area contributed by atoms with Crippen LogP contribution in [0.3, 0.4) is 0 Å². The van der Waals surface area contributed by atoms with Crippen LogP contribution in [0.4, 0.5) is 0 Å². The number of hydrogen-bond donors (Lipinski definition) is 2. The van der Waals surface area contributed by atoms with E-state index in [0.29, 0.717) is 27.3 Å². The number of methoxy groups -OCH3 is 1. The van der Waals surface area contributed by atoms with Crippen molar-refractivity contribution in [2.75, 3.05) is 26.5 Å². The van der Waals surface area contributed by atoms with Crippen LogP contribution in [0.25, 0.3) is 0 Å². The lowest BCUT2D eigenvalue weighted by Crippen LogP contribution is -2.27. The monoisotopic (exact) mass is 462 g/mol. The summed E-state index contributed by atoms with van der Waals surface area (Å²) >= 11 is 13.5. The molecule has 0 bridgehead atoms. The van der Waals surface area contributed by atoms with Crippen molar-refractivity contribution in [2.45, 2.75) is 10.6 Å². The molecule has 0 saturated heterocycles. The molecule has 0 aliphatic carbocycles. The lowest BCUT2D eigenvalue weighted by molar-refractivity contribution is 0.0960. The van der Waals surface area contributed by atoms with Gasteiger partial charge in [-0.3, -0.25) is 4.79 Å². The van der Waals surface area contributed by atoms with Gasteiger partial charge < -0.3 is 10.1 Å². The van der Waals surface area contributed by atoms with E-state index in [9.17, 15) is 13.2 Å².